The molecule has 0 fully saturated rings. The summed E-state index contributed by atoms with van der Waals surface area (Å²) in [6.07, 6.45) is 0. The van der Waals surface area contributed by atoms with Gasteiger partial charge >= 0.3 is 98.1 Å². The molecule has 0 bridgehead atoms. The van der Waals surface area contributed by atoms with Crippen molar-refractivity contribution in [2.24, 2.45) is 0 Å². The number of fused-ring (bicyclic) bond motifs is 1. The minimum atomic E-state index is -2.52. The van der Waals surface area contributed by atoms with Gasteiger partial charge in [0.2, 0.25) is 0 Å². The molecule has 15 heavy (non-hydrogen) atoms. The molecule has 1 aromatic carbocycles. The third kappa shape index (κ3) is 1.89. The fraction of sp³-hybridized carbons (Fsp3) is 0.250. The SMILES string of the molecule is COc1cc2c(cc1OC)[TeH](Cl)O[NH+]2[O-]. The summed E-state index contributed by atoms with van der Waals surface area (Å²) < 4.78 is 16.0. The molecule has 0 aliphatic carbocycles. The van der Waals surface area contributed by atoms with Crippen molar-refractivity contribution >= 4 is 37.1 Å². The van der Waals surface area contributed by atoms with Crippen LogP contribution in [0.4, 0.5) is 5.69 Å². The number of methoxy groups -OCH3 is 2. The van der Waals surface area contributed by atoms with Crippen LogP contribution in [0, 0.1) is 5.21 Å². The standard InChI is InChI=1S/C8H10ClNO4Te/c1-12-6-3-5-8(4-7(6)13-2)15(9)14-10(5)11/h3-4,10,15H,1-2H3. The summed E-state index contributed by atoms with van der Waals surface area (Å²) in [7, 11) is 9.06. The summed E-state index contributed by atoms with van der Waals surface area (Å²) in [5.41, 5.74) is 0.505. The molecule has 5 nitrogen and oxygen atoms in total. The van der Waals surface area contributed by atoms with Crippen LogP contribution in [0.1, 0.15) is 0 Å². The Kier molecular flexibility index (Phi) is 3.26. The fourth-order valence-corrected chi connectivity index (χ4v) is 5.29. The zero-order chi connectivity index (χ0) is 11.0. The first kappa shape index (κ1) is 11.3. The van der Waals surface area contributed by atoms with E-state index in [4.69, 9.17) is 21.6 Å². The first-order valence-electron chi connectivity index (χ1n) is 4.11. The van der Waals surface area contributed by atoms with Gasteiger partial charge in [-0.3, -0.25) is 0 Å². The third-order valence-electron chi connectivity index (χ3n) is 2.07. The number of hydrogen-bond acceptors (Lipinski definition) is 4. The average molecular weight is 347 g/mol. The van der Waals surface area contributed by atoms with Crippen molar-refractivity contribution in [3.8, 4) is 11.5 Å². The molecule has 84 valence electrons. The van der Waals surface area contributed by atoms with Crippen LogP contribution in [0.15, 0.2) is 12.1 Å². The molecule has 0 aromatic heterocycles. The summed E-state index contributed by atoms with van der Waals surface area (Å²) in [6.45, 7) is 0. The van der Waals surface area contributed by atoms with Crippen molar-refractivity contribution in [2.75, 3.05) is 14.2 Å². The van der Waals surface area contributed by atoms with Gasteiger partial charge in [-0.2, -0.15) is 0 Å². The van der Waals surface area contributed by atoms with E-state index in [1.807, 2.05) is 0 Å². The Morgan fingerprint density at radius 3 is 2.53 bits per heavy atom. The van der Waals surface area contributed by atoms with Gasteiger partial charge in [0.15, 0.2) is 0 Å². The summed E-state index contributed by atoms with van der Waals surface area (Å²) in [4.78, 5) is 0. The molecule has 0 radical (unpaired) electrons. The summed E-state index contributed by atoms with van der Waals surface area (Å²) in [5, 5.41) is 11.0. The first-order valence-corrected chi connectivity index (χ1v) is 9.66. The van der Waals surface area contributed by atoms with Crippen LogP contribution in [0.2, 0.25) is 0 Å². The molecule has 0 saturated heterocycles. The van der Waals surface area contributed by atoms with Crippen LogP contribution in [-0.4, -0.2) is 33.1 Å². The van der Waals surface area contributed by atoms with Crippen LogP contribution in [0.5, 0.6) is 11.5 Å². The van der Waals surface area contributed by atoms with E-state index in [0.29, 0.717) is 17.2 Å². The van der Waals surface area contributed by atoms with Crippen LogP contribution < -0.4 is 18.3 Å². The Hall–Kier alpha value is -0.220. The van der Waals surface area contributed by atoms with Crippen molar-refractivity contribution < 1.29 is 17.9 Å². The van der Waals surface area contributed by atoms with Crippen molar-refractivity contribution in [1.29, 1.82) is 0 Å². The molecular weight excluding hydrogens is 337 g/mol. The molecule has 1 heterocycles. The molecule has 1 aromatic rings. The third-order valence-corrected chi connectivity index (χ3v) is 6.83. The second-order valence-electron chi connectivity index (χ2n) is 2.85. The normalized spacial score (nSPS) is 26.1. The molecule has 0 spiro atoms. The molecular formula is C8H10ClNO4Te. The number of quaternary nitrogens is 1. The topological polar surface area (TPSA) is 55.2 Å². The minimum absolute atomic E-state index is 0.357. The van der Waals surface area contributed by atoms with E-state index >= 15 is 0 Å². The first-order chi connectivity index (χ1) is 7.17. The van der Waals surface area contributed by atoms with Gasteiger partial charge in [0.25, 0.3) is 0 Å². The maximum absolute atomic E-state index is 11.4. The quantitative estimate of drug-likeness (QED) is 0.570. The van der Waals surface area contributed by atoms with Gasteiger partial charge in [0, 0.05) is 0 Å². The molecule has 2 atom stereocenters. The van der Waals surface area contributed by atoms with Gasteiger partial charge in [-0.05, 0) is 0 Å². The van der Waals surface area contributed by atoms with Crippen molar-refractivity contribution in [3.05, 3.63) is 17.3 Å². The Bertz CT molecular complexity index is 354. The fourth-order valence-electron chi connectivity index (χ4n) is 1.35. The van der Waals surface area contributed by atoms with Crippen LogP contribution in [-0.2, 0) is 3.20 Å². The summed E-state index contributed by atoms with van der Waals surface area (Å²) in [6, 6.07) is 3.35. The Balaban J connectivity index is 2.53. The maximum atomic E-state index is 11.4. The molecule has 2 unspecified atom stereocenters. The number of ether oxygens (including phenoxy) is 2. The predicted molar refractivity (Wildman–Crippen MR) is 57.3 cm³/mol. The molecule has 1 aliphatic rings. The Morgan fingerprint density at radius 2 is 1.93 bits per heavy atom. The van der Waals surface area contributed by atoms with Crippen LogP contribution >= 0.6 is 8.96 Å². The molecule has 0 saturated carbocycles. The summed E-state index contributed by atoms with van der Waals surface area (Å²) in [5.74, 6) is 1.09. The van der Waals surface area contributed by atoms with Gasteiger partial charge in [-0.1, -0.05) is 0 Å². The number of benzene rings is 1. The van der Waals surface area contributed by atoms with Gasteiger partial charge in [-0.25, -0.2) is 0 Å². The monoisotopic (exact) mass is 349 g/mol. The van der Waals surface area contributed by atoms with Crippen LogP contribution in [0.25, 0.3) is 0 Å². The molecule has 0 amide bonds. The average Bonchev–Trinajstić information content (AvgIpc) is 2.52. The van der Waals surface area contributed by atoms with Gasteiger partial charge < -0.3 is 0 Å². The van der Waals surface area contributed by atoms with E-state index in [2.05, 4.69) is 0 Å². The van der Waals surface area contributed by atoms with E-state index in [0.717, 1.165) is 3.61 Å². The van der Waals surface area contributed by atoms with E-state index in [-0.39, 0.29) is 5.23 Å². The van der Waals surface area contributed by atoms with E-state index < -0.39 is 18.8 Å². The van der Waals surface area contributed by atoms with Crippen molar-refractivity contribution in [2.45, 2.75) is 0 Å². The van der Waals surface area contributed by atoms with E-state index in [1.165, 1.54) is 14.2 Å². The number of hydrogen-bond donors (Lipinski definition) is 1. The number of rotatable bonds is 2. The number of halogens is 1. The van der Waals surface area contributed by atoms with Crippen molar-refractivity contribution in [1.82, 2.24) is 0 Å². The van der Waals surface area contributed by atoms with Gasteiger partial charge in [0.1, 0.15) is 0 Å². The molecule has 1 N–H and O–H groups in total. The Morgan fingerprint density at radius 1 is 1.33 bits per heavy atom. The van der Waals surface area contributed by atoms with Gasteiger partial charge in [0.05, 0.1) is 0 Å². The molecule has 7 heteroatoms. The molecule has 2 rings (SSSR count). The van der Waals surface area contributed by atoms with Crippen LogP contribution in [0.3, 0.4) is 0 Å². The van der Waals surface area contributed by atoms with E-state index in [9.17, 15) is 5.21 Å². The Labute approximate surface area is 97.9 Å². The zero-order valence-corrected chi connectivity index (χ0v) is 11.4. The number of nitrogens with one attached hydrogen (secondary N) is 1. The summed E-state index contributed by atoms with van der Waals surface area (Å²) >= 11 is -2.52. The zero-order valence-electron chi connectivity index (χ0n) is 8.11. The second kappa shape index (κ2) is 4.34. The molecule has 1 aliphatic heterocycles. The second-order valence-corrected chi connectivity index (χ2v) is 8.20. The van der Waals surface area contributed by atoms with Gasteiger partial charge in [-0.15, -0.1) is 0 Å². The van der Waals surface area contributed by atoms with Crippen molar-refractivity contribution in [3.63, 3.8) is 0 Å². The van der Waals surface area contributed by atoms with E-state index in [1.54, 1.807) is 12.1 Å². The predicted octanol–water partition coefficient (Wildman–Crippen LogP) is -0.671.